The SMILES string of the molecule is C[C@@]1(CCCl)COC(=O)N1Cc1ccccc1. The third-order valence-electron chi connectivity index (χ3n) is 3.20. The van der Waals surface area contributed by atoms with Crippen LogP contribution < -0.4 is 0 Å². The molecule has 0 bridgehead atoms. The average Bonchev–Trinajstić information content (AvgIpc) is 2.60. The standard InChI is InChI=1S/C13H16ClNO2/c1-13(7-8-14)10-17-12(16)15(13)9-11-5-3-2-4-6-11/h2-6H,7-10H2,1H3/t13-/m1/s1. The maximum atomic E-state index is 11.7. The summed E-state index contributed by atoms with van der Waals surface area (Å²) < 4.78 is 5.13. The molecule has 1 saturated heterocycles. The molecule has 0 saturated carbocycles. The van der Waals surface area contributed by atoms with Gasteiger partial charge in [-0.15, -0.1) is 11.6 Å². The van der Waals surface area contributed by atoms with E-state index in [1.54, 1.807) is 4.90 Å². The van der Waals surface area contributed by atoms with Gasteiger partial charge in [0.25, 0.3) is 0 Å². The number of alkyl halides is 1. The van der Waals surface area contributed by atoms with E-state index in [9.17, 15) is 4.79 Å². The molecule has 0 aliphatic carbocycles. The molecule has 0 aromatic heterocycles. The highest BCUT2D eigenvalue weighted by atomic mass is 35.5. The summed E-state index contributed by atoms with van der Waals surface area (Å²) in [6, 6.07) is 9.91. The highest BCUT2D eigenvalue weighted by molar-refractivity contribution is 6.17. The van der Waals surface area contributed by atoms with Crippen molar-refractivity contribution in [3.8, 4) is 0 Å². The number of ether oxygens (including phenoxy) is 1. The number of amides is 1. The van der Waals surface area contributed by atoms with E-state index in [0.717, 1.165) is 12.0 Å². The summed E-state index contributed by atoms with van der Waals surface area (Å²) in [5, 5.41) is 0. The number of halogens is 1. The molecule has 92 valence electrons. The first-order valence-electron chi connectivity index (χ1n) is 5.70. The van der Waals surface area contributed by atoms with Crippen LogP contribution in [0.4, 0.5) is 4.79 Å². The van der Waals surface area contributed by atoms with Gasteiger partial charge in [-0.05, 0) is 18.9 Å². The first-order chi connectivity index (χ1) is 8.15. The van der Waals surface area contributed by atoms with Crippen LogP contribution in [-0.4, -0.2) is 29.0 Å². The van der Waals surface area contributed by atoms with Gasteiger partial charge in [-0.3, -0.25) is 4.90 Å². The molecule has 0 unspecified atom stereocenters. The molecule has 4 heteroatoms. The predicted molar refractivity (Wildman–Crippen MR) is 67.1 cm³/mol. The van der Waals surface area contributed by atoms with Crippen LogP contribution in [0.5, 0.6) is 0 Å². The molecule has 0 radical (unpaired) electrons. The van der Waals surface area contributed by atoms with E-state index in [-0.39, 0.29) is 11.6 Å². The summed E-state index contributed by atoms with van der Waals surface area (Å²) in [5.74, 6) is 0.526. The van der Waals surface area contributed by atoms with Gasteiger partial charge in [-0.25, -0.2) is 4.79 Å². The van der Waals surface area contributed by atoms with Crippen molar-refractivity contribution in [1.29, 1.82) is 0 Å². The van der Waals surface area contributed by atoms with E-state index in [4.69, 9.17) is 16.3 Å². The fraction of sp³-hybridized carbons (Fsp3) is 0.462. The largest absolute Gasteiger partial charge is 0.447 e. The van der Waals surface area contributed by atoms with Gasteiger partial charge in [0.05, 0.1) is 5.54 Å². The molecule has 1 fully saturated rings. The molecule has 3 nitrogen and oxygen atoms in total. The highest BCUT2D eigenvalue weighted by Crippen LogP contribution is 2.29. The van der Waals surface area contributed by atoms with Crippen molar-refractivity contribution in [2.45, 2.75) is 25.4 Å². The summed E-state index contributed by atoms with van der Waals surface area (Å²) in [5.41, 5.74) is 0.821. The normalized spacial score (nSPS) is 23.9. The predicted octanol–water partition coefficient (Wildman–Crippen LogP) is 3.03. The number of carbonyl (C=O) groups excluding carboxylic acids is 1. The molecule has 1 aliphatic heterocycles. The summed E-state index contributed by atoms with van der Waals surface area (Å²) >= 11 is 5.79. The van der Waals surface area contributed by atoms with Crippen molar-refractivity contribution in [1.82, 2.24) is 4.90 Å². The Hall–Kier alpha value is -1.22. The van der Waals surface area contributed by atoms with E-state index in [0.29, 0.717) is 19.0 Å². The highest BCUT2D eigenvalue weighted by Gasteiger charge is 2.42. The Kier molecular flexibility index (Phi) is 3.57. The molecule has 0 spiro atoms. The zero-order valence-corrected chi connectivity index (χ0v) is 10.6. The van der Waals surface area contributed by atoms with Crippen molar-refractivity contribution in [3.63, 3.8) is 0 Å². The van der Waals surface area contributed by atoms with Gasteiger partial charge in [0, 0.05) is 12.4 Å². The second-order valence-electron chi connectivity index (χ2n) is 4.56. The van der Waals surface area contributed by atoms with Crippen molar-refractivity contribution in [3.05, 3.63) is 35.9 Å². The van der Waals surface area contributed by atoms with Gasteiger partial charge in [-0.1, -0.05) is 30.3 Å². The lowest BCUT2D eigenvalue weighted by Gasteiger charge is -2.31. The Morgan fingerprint density at radius 3 is 2.76 bits per heavy atom. The summed E-state index contributed by atoms with van der Waals surface area (Å²) in [7, 11) is 0. The van der Waals surface area contributed by atoms with E-state index in [1.165, 1.54) is 0 Å². The minimum absolute atomic E-state index is 0.249. The van der Waals surface area contributed by atoms with Gasteiger partial charge in [0.2, 0.25) is 0 Å². The minimum atomic E-state index is -0.283. The quantitative estimate of drug-likeness (QED) is 0.772. The van der Waals surface area contributed by atoms with E-state index < -0.39 is 0 Å². The molecule has 1 amide bonds. The fourth-order valence-electron chi connectivity index (χ4n) is 2.03. The number of rotatable bonds is 4. The van der Waals surface area contributed by atoms with Gasteiger partial charge in [0.15, 0.2) is 0 Å². The van der Waals surface area contributed by atoms with E-state index >= 15 is 0 Å². The zero-order chi connectivity index (χ0) is 12.3. The molecule has 0 N–H and O–H groups in total. The van der Waals surface area contributed by atoms with Crippen LogP contribution in [-0.2, 0) is 11.3 Å². The second-order valence-corrected chi connectivity index (χ2v) is 4.94. The third kappa shape index (κ3) is 2.55. The second kappa shape index (κ2) is 4.96. The number of carbonyl (C=O) groups is 1. The van der Waals surface area contributed by atoms with Gasteiger partial charge in [0.1, 0.15) is 6.61 Å². The topological polar surface area (TPSA) is 29.5 Å². The van der Waals surface area contributed by atoms with Crippen LogP contribution in [0.15, 0.2) is 30.3 Å². The Morgan fingerprint density at radius 2 is 2.12 bits per heavy atom. The van der Waals surface area contributed by atoms with Crippen LogP contribution >= 0.6 is 11.6 Å². The third-order valence-corrected chi connectivity index (χ3v) is 3.38. The molecule has 1 aromatic rings. The molecule has 1 aliphatic rings. The Bertz CT molecular complexity index is 396. The lowest BCUT2D eigenvalue weighted by atomic mass is 9.98. The van der Waals surface area contributed by atoms with Crippen molar-refractivity contribution < 1.29 is 9.53 Å². The monoisotopic (exact) mass is 253 g/mol. The Balaban J connectivity index is 2.15. The molecular formula is C13H16ClNO2. The molecule has 1 atom stereocenters. The van der Waals surface area contributed by atoms with Crippen molar-refractivity contribution in [2.75, 3.05) is 12.5 Å². The first kappa shape index (κ1) is 12.2. The summed E-state index contributed by atoms with van der Waals surface area (Å²) in [6.45, 7) is 3.02. The molecule has 1 aromatic carbocycles. The maximum absolute atomic E-state index is 11.7. The number of nitrogens with zero attached hydrogens (tertiary/aromatic N) is 1. The van der Waals surface area contributed by atoms with Crippen LogP contribution in [0.25, 0.3) is 0 Å². The van der Waals surface area contributed by atoms with Gasteiger partial charge < -0.3 is 4.74 Å². The number of cyclic esters (lactones) is 1. The van der Waals surface area contributed by atoms with Crippen molar-refractivity contribution >= 4 is 17.7 Å². The van der Waals surface area contributed by atoms with Gasteiger partial charge in [-0.2, -0.15) is 0 Å². The Labute approximate surface area is 106 Å². The average molecular weight is 254 g/mol. The first-order valence-corrected chi connectivity index (χ1v) is 6.23. The number of hydrogen-bond acceptors (Lipinski definition) is 2. The maximum Gasteiger partial charge on any atom is 0.410 e. The Morgan fingerprint density at radius 1 is 1.41 bits per heavy atom. The lowest BCUT2D eigenvalue weighted by molar-refractivity contribution is 0.149. The van der Waals surface area contributed by atoms with Gasteiger partial charge >= 0.3 is 6.09 Å². The van der Waals surface area contributed by atoms with Crippen LogP contribution in [0.1, 0.15) is 18.9 Å². The van der Waals surface area contributed by atoms with E-state index in [1.807, 2.05) is 37.3 Å². The zero-order valence-electron chi connectivity index (χ0n) is 9.86. The lowest BCUT2D eigenvalue weighted by Crippen LogP contribution is -2.44. The number of benzene rings is 1. The van der Waals surface area contributed by atoms with Crippen LogP contribution in [0.2, 0.25) is 0 Å². The minimum Gasteiger partial charge on any atom is -0.447 e. The fourth-order valence-corrected chi connectivity index (χ4v) is 2.43. The van der Waals surface area contributed by atoms with E-state index in [2.05, 4.69) is 0 Å². The smallest absolute Gasteiger partial charge is 0.410 e. The molecule has 1 heterocycles. The molecular weight excluding hydrogens is 238 g/mol. The number of hydrogen-bond donors (Lipinski definition) is 0. The molecule has 17 heavy (non-hydrogen) atoms. The molecule has 2 rings (SSSR count). The summed E-state index contributed by atoms with van der Waals surface area (Å²) in [6.07, 6.45) is 0.495. The summed E-state index contributed by atoms with van der Waals surface area (Å²) in [4.78, 5) is 13.5. The van der Waals surface area contributed by atoms with Crippen molar-refractivity contribution in [2.24, 2.45) is 0 Å². The van der Waals surface area contributed by atoms with Crippen LogP contribution in [0.3, 0.4) is 0 Å². The van der Waals surface area contributed by atoms with Crippen LogP contribution in [0, 0.1) is 0 Å².